The van der Waals surface area contributed by atoms with Crippen LogP contribution in [-0.4, -0.2) is 25.1 Å². The molecule has 0 radical (unpaired) electrons. The van der Waals surface area contributed by atoms with Crippen LogP contribution >= 0.6 is 11.6 Å². The predicted molar refractivity (Wildman–Crippen MR) is 168 cm³/mol. The highest BCUT2D eigenvalue weighted by Gasteiger charge is 1.96. The molecule has 0 saturated heterocycles. The molecule has 5 rings (SSSR count). The lowest BCUT2D eigenvalue weighted by molar-refractivity contribution is 0.111. The van der Waals surface area contributed by atoms with Gasteiger partial charge < -0.3 is 4.74 Å². The van der Waals surface area contributed by atoms with E-state index in [1.165, 1.54) is 5.56 Å². The van der Waals surface area contributed by atoms with Gasteiger partial charge in [0.25, 0.3) is 0 Å². The lowest BCUT2D eigenvalue weighted by atomic mass is 10.2. The van der Waals surface area contributed by atoms with E-state index < -0.39 is 0 Å². The van der Waals surface area contributed by atoms with E-state index in [1.54, 1.807) is 54.6 Å². The monoisotopic (exact) mass is 578 g/mol. The Morgan fingerprint density at radius 3 is 1.36 bits per heavy atom. The summed E-state index contributed by atoms with van der Waals surface area (Å²) >= 11 is 5.55. The van der Waals surface area contributed by atoms with E-state index in [0.717, 1.165) is 53.3 Å². The number of benzene rings is 5. The van der Waals surface area contributed by atoms with Gasteiger partial charge in [-0.25, -0.2) is 0 Å². The van der Waals surface area contributed by atoms with Crippen LogP contribution in [0, 0.1) is 13.8 Å². The molecule has 0 bridgehead atoms. The number of aldehydes is 4. The third-order valence-electron chi connectivity index (χ3n) is 5.39. The van der Waals surface area contributed by atoms with Gasteiger partial charge in [0.1, 0.15) is 36.6 Å². The molecule has 0 N–H and O–H groups in total. The Morgan fingerprint density at radius 1 is 0.452 bits per heavy atom. The molecule has 42 heavy (non-hydrogen) atoms. The second-order valence-corrected chi connectivity index (χ2v) is 9.27. The molecule has 6 heteroatoms. The van der Waals surface area contributed by atoms with Crippen molar-refractivity contribution >= 4 is 36.7 Å². The average Bonchev–Trinajstić information content (AvgIpc) is 3.04. The zero-order chi connectivity index (χ0) is 30.6. The van der Waals surface area contributed by atoms with Crippen LogP contribution in [0.1, 0.15) is 52.6 Å². The van der Waals surface area contributed by atoms with Gasteiger partial charge in [0, 0.05) is 27.3 Å². The van der Waals surface area contributed by atoms with Crippen molar-refractivity contribution in [2.75, 3.05) is 0 Å². The van der Waals surface area contributed by atoms with Crippen molar-refractivity contribution in [2.45, 2.75) is 13.8 Å². The van der Waals surface area contributed by atoms with E-state index in [2.05, 4.69) is 0 Å². The largest absolute Gasteiger partial charge is 0.457 e. The number of para-hydroxylation sites is 1. The third-order valence-corrected chi connectivity index (χ3v) is 5.64. The van der Waals surface area contributed by atoms with Crippen molar-refractivity contribution in [1.82, 2.24) is 0 Å². The number of hydrogen-bond donors (Lipinski definition) is 0. The van der Waals surface area contributed by atoms with Gasteiger partial charge >= 0.3 is 0 Å². The van der Waals surface area contributed by atoms with Gasteiger partial charge in [-0.15, -0.1) is 0 Å². The average molecular weight is 579 g/mol. The molecule has 0 fully saturated rings. The van der Waals surface area contributed by atoms with Crippen molar-refractivity contribution in [3.8, 4) is 11.5 Å². The summed E-state index contributed by atoms with van der Waals surface area (Å²) < 4.78 is 5.56. The van der Waals surface area contributed by atoms with Crippen molar-refractivity contribution in [3.63, 3.8) is 0 Å². The van der Waals surface area contributed by atoms with Gasteiger partial charge in [0.05, 0.1) is 0 Å². The van der Waals surface area contributed by atoms with Gasteiger partial charge in [-0.3, -0.25) is 19.2 Å². The first kappa shape index (κ1) is 33.1. The van der Waals surface area contributed by atoms with Gasteiger partial charge in [-0.2, -0.15) is 0 Å². The van der Waals surface area contributed by atoms with Crippen LogP contribution in [0.3, 0.4) is 0 Å². The summed E-state index contributed by atoms with van der Waals surface area (Å²) in [6.45, 7) is 3.96. The highest BCUT2D eigenvalue weighted by molar-refractivity contribution is 6.30. The minimum Gasteiger partial charge on any atom is -0.457 e. The SMILES string of the molecule is Cc1ccc(C=O)cc1.Cc1cccc(C=O)c1.O=Cc1ccc(Cl)cc1.O=Cc1ccc(Oc2ccccc2)cc1. The van der Waals surface area contributed by atoms with Crippen molar-refractivity contribution in [3.05, 3.63) is 166 Å². The van der Waals surface area contributed by atoms with Crippen LogP contribution in [0.15, 0.2) is 127 Å². The summed E-state index contributed by atoms with van der Waals surface area (Å²) in [7, 11) is 0. The van der Waals surface area contributed by atoms with Crippen LogP contribution in [0.2, 0.25) is 5.02 Å². The first-order chi connectivity index (χ1) is 20.4. The maximum Gasteiger partial charge on any atom is 0.150 e. The molecule has 0 aliphatic heterocycles. The summed E-state index contributed by atoms with van der Waals surface area (Å²) in [5, 5.41) is 0.653. The summed E-state index contributed by atoms with van der Waals surface area (Å²) in [5.74, 6) is 1.52. The normalized spacial score (nSPS) is 9.21. The zero-order valence-corrected chi connectivity index (χ0v) is 24.1. The molecule has 5 aromatic rings. The van der Waals surface area contributed by atoms with Crippen LogP contribution in [0.4, 0.5) is 0 Å². The fraction of sp³-hybridized carbons (Fsp3) is 0.0556. The van der Waals surface area contributed by atoms with Gasteiger partial charge in [-0.1, -0.05) is 95.5 Å². The van der Waals surface area contributed by atoms with Gasteiger partial charge in [0.2, 0.25) is 0 Å². The highest BCUT2D eigenvalue weighted by Crippen LogP contribution is 2.20. The number of aryl methyl sites for hydroxylation is 2. The topological polar surface area (TPSA) is 77.5 Å². The van der Waals surface area contributed by atoms with Crippen molar-refractivity contribution in [1.29, 1.82) is 0 Å². The van der Waals surface area contributed by atoms with Crippen molar-refractivity contribution in [2.24, 2.45) is 0 Å². The minimum atomic E-state index is 0.649. The zero-order valence-electron chi connectivity index (χ0n) is 23.4. The molecular weight excluding hydrogens is 548 g/mol. The Balaban J connectivity index is 0.000000202. The predicted octanol–water partition coefficient (Wildman–Crippen LogP) is 9.06. The first-order valence-electron chi connectivity index (χ1n) is 12.9. The quantitative estimate of drug-likeness (QED) is 0.188. The van der Waals surface area contributed by atoms with Crippen LogP contribution in [0.25, 0.3) is 0 Å². The highest BCUT2D eigenvalue weighted by atomic mass is 35.5. The number of hydrogen-bond acceptors (Lipinski definition) is 5. The van der Waals surface area contributed by atoms with Crippen molar-refractivity contribution < 1.29 is 23.9 Å². The maximum absolute atomic E-state index is 10.4. The van der Waals surface area contributed by atoms with Crippen LogP contribution in [0.5, 0.6) is 11.5 Å². The molecule has 0 aromatic heterocycles. The van der Waals surface area contributed by atoms with E-state index in [-0.39, 0.29) is 0 Å². The Labute approximate surface area is 251 Å². The second kappa shape index (κ2) is 19.0. The van der Waals surface area contributed by atoms with E-state index in [1.807, 2.05) is 86.6 Å². The third kappa shape index (κ3) is 13.3. The molecule has 0 aliphatic rings. The summed E-state index contributed by atoms with van der Waals surface area (Å²) in [6.07, 6.45) is 3.30. The molecule has 0 atom stereocenters. The van der Waals surface area contributed by atoms with Gasteiger partial charge in [0.15, 0.2) is 0 Å². The summed E-state index contributed by atoms with van der Waals surface area (Å²) in [6, 6.07) is 38.2. The molecule has 0 heterocycles. The second-order valence-electron chi connectivity index (χ2n) is 8.83. The smallest absolute Gasteiger partial charge is 0.150 e. The molecule has 0 amide bonds. The molecule has 0 spiro atoms. The number of carbonyl (C=O) groups excluding carboxylic acids is 4. The summed E-state index contributed by atoms with van der Waals surface area (Å²) in [4.78, 5) is 40.8. The van der Waals surface area contributed by atoms with E-state index in [9.17, 15) is 19.2 Å². The number of ether oxygens (including phenoxy) is 1. The fourth-order valence-corrected chi connectivity index (χ4v) is 3.29. The van der Waals surface area contributed by atoms with E-state index in [0.29, 0.717) is 16.1 Å². The minimum absolute atomic E-state index is 0.649. The lowest BCUT2D eigenvalue weighted by Crippen LogP contribution is -1.84. The van der Waals surface area contributed by atoms with E-state index >= 15 is 0 Å². The number of rotatable bonds is 6. The molecule has 5 aromatic carbocycles. The van der Waals surface area contributed by atoms with Crippen LogP contribution in [-0.2, 0) is 0 Å². The first-order valence-corrected chi connectivity index (χ1v) is 13.3. The molecule has 0 aliphatic carbocycles. The molecule has 212 valence electrons. The number of halogens is 1. The molecular formula is C36H31ClO5. The maximum atomic E-state index is 10.4. The Bertz CT molecular complexity index is 1460. The van der Waals surface area contributed by atoms with Crippen LogP contribution < -0.4 is 4.74 Å². The molecule has 5 nitrogen and oxygen atoms in total. The molecule has 0 unspecified atom stereocenters. The fourth-order valence-electron chi connectivity index (χ4n) is 3.17. The number of carbonyl (C=O) groups is 4. The molecule has 0 saturated carbocycles. The standard InChI is InChI=1S/C13H10O2.2C8H8O.C7H5ClO/c14-10-11-6-8-13(9-7-11)15-12-4-2-1-3-5-12;1-7-2-4-8(6-9)5-3-7;1-7-3-2-4-8(5-7)6-9;8-7-3-1-6(5-9)2-4-7/h1-10H;2*2-6H,1H3;1-5H. The Kier molecular flexibility index (Phi) is 15.0. The summed E-state index contributed by atoms with van der Waals surface area (Å²) in [5.41, 5.74) is 5.09. The van der Waals surface area contributed by atoms with Gasteiger partial charge in [-0.05, 0) is 68.4 Å². The van der Waals surface area contributed by atoms with E-state index in [4.69, 9.17) is 16.3 Å². The lowest BCUT2D eigenvalue weighted by Gasteiger charge is -2.04. The Morgan fingerprint density at radius 2 is 0.905 bits per heavy atom. The Hall–Kier alpha value is -5.13.